The lowest BCUT2D eigenvalue weighted by Gasteiger charge is -2.25. The van der Waals surface area contributed by atoms with E-state index in [2.05, 4.69) is 21.5 Å². The Balaban J connectivity index is 2.05. The van der Waals surface area contributed by atoms with Gasteiger partial charge in [0.05, 0.1) is 24.6 Å². The van der Waals surface area contributed by atoms with Gasteiger partial charge in [0, 0.05) is 6.54 Å². The summed E-state index contributed by atoms with van der Waals surface area (Å²) in [5.41, 5.74) is 7.34. The number of ether oxygens (including phenoxy) is 1. The van der Waals surface area contributed by atoms with Crippen molar-refractivity contribution in [2.45, 2.75) is 59.5 Å². The molecule has 0 bridgehead atoms. The third kappa shape index (κ3) is 5.99. The van der Waals surface area contributed by atoms with E-state index in [1.807, 2.05) is 6.92 Å². The van der Waals surface area contributed by atoms with Crippen LogP contribution in [0.5, 0.6) is 0 Å². The Morgan fingerprint density at radius 3 is 2.43 bits per heavy atom. The summed E-state index contributed by atoms with van der Waals surface area (Å²) in [5, 5.41) is 0.189. The van der Waals surface area contributed by atoms with E-state index in [1.165, 1.54) is 0 Å². The van der Waals surface area contributed by atoms with Crippen LogP contribution < -0.4 is 5.73 Å². The zero-order valence-electron chi connectivity index (χ0n) is 16.8. The lowest BCUT2D eigenvalue weighted by molar-refractivity contribution is 0.0763. The molecular weight excluding hydrogens is 405 g/mol. The maximum absolute atomic E-state index is 12.9. The Bertz CT molecular complexity index is 872. The highest BCUT2D eigenvalue weighted by Gasteiger charge is 2.29. The zero-order valence-corrected chi connectivity index (χ0v) is 18.4. The zero-order chi connectivity index (χ0) is 21.1. The number of rotatable bonds is 10. The van der Waals surface area contributed by atoms with Gasteiger partial charge in [-0.15, -0.1) is 0 Å². The number of nitrogen functional groups attached to an aromatic ring is 1. The molecule has 2 N–H and O–H groups in total. The molecule has 0 aliphatic rings. The normalized spacial score (nSPS) is 13.6. The summed E-state index contributed by atoms with van der Waals surface area (Å²) < 4.78 is 31.3. The molecule has 2 aromatic heterocycles. The molecule has 0 aliphatic carbocycles. The summed E-state index contributed by atoms with van der Waals surface area (Å²) in [6.45, 7) is 13.4. The highest BCUT2D eigenvalue weighted by Crippen LogP contribution is 2.50. The van der Waals surface area contributed by atoms with Gasteiger partial charge in [0.25, 0.3) is 0 Å². The van der Waals surface area contributed by atoms with Gasteiger partial charge in [0.1, 0.15) is 11.9 Å². The summed E-state index contributed by atoms with van der Waals surface area (Å²) >= 11 is 6.04. The Labute approximate surface area is 169 Å². The first-order valence-corrected chi connectivity index (χ1v) is 11.0. The molecular formula is C17H27ClN5O4P. The van der Waals surface area contributed by atoms with Crippen LogP contribution in [0, 0.1) is 0 Å². The Kier molecular flexibility index (Phi) is 7.59. The van der Waals surface area contributed by atoms with Crippen LogP contribution in [0.2, 0.25) is 5.15 Å². The molecule has 0 unspecified atom stereocenters. The van der Waals surface area contributed by atoms with Gasteiger partial charge in [-0.3, -0.25) is 4.57 Å². The minimum absolute atomic E-state index is 0.0618. The Hall–Kier alpha value is -1.51. The topological polar surface area (TPSA) is 114 Å². The van der Waals surface area contributed by atoms with Crippen molar-refractivity contribution in [3.05, 3.63) is 23.6 Å². The summed E-state index contributed by atoms with van der Waals surface area (Å²) in [6.07, 6.45) is 0.497. The lowest BCUT2D eigenvalue weighted by atomic mass is 10.2. The molecule has 2 heterocycles. The van der Waals surface area contributed by atoms with E-state index in [1.54, 1.807) is 38.6 Å². The molecule has 0 radical (unpaired) electrons. The number of aromatic nitrogens is 4. The maximum atomic E-state index is 12.9. The van der Waals surface area contributed by atoms with Crippen molar-refractivity contribution in [2.75, 3.05) is 12.1 Å². The van der Waals surface area contributed by atoms with Crippen molar-refractivity contribution in [3.63, 3.8) is 0 Å². The fraction of sp³-hybridized carbons (Fsp3) is 0.588. The number of nitrogens with two attached hydrogens (primary N) is 1. The van der Waals surface area contributed by atoms with Crippen LogP contribution in [-0.4, -0.2) is 44.2 Å². The van der Waals surface area contributed by atoms with E-state index in [9.17, 15) is 4.57 Å². The van der Waals surface area contributed by atoms with Crippen LogP contribution in [0.4, 0.5) is 5.95 Å². The monoisotopic (exact) mass is 431 g/mol. The molecule has 0 saturated heterocycles. The fourth-order valence-electron chi connectivity index (χ4n) is 2.44. The van der Waals surface area contributed by atoms with Crippen LogP contribution in [-0.2, 0) is 24.9 Å². The average Bonchev–Trinajstić information content (AvgIpc) is 2.94. The molecule has 0 amide bonds. The summed E-state index contributed by atoms with van der Waals surface area (Å²) in [5.74, 6) is 0.0618. The number of hydrogen-bond donors (Lipinski definition) is 1. The molecule has 156 valence electrons. The Morgan fingerprint density at radius 1 is 1.25 bits per heavy atom. The van der Waals surface area contributed by atoms with Gasteiger partial charge in [0.2, 0.25) is 5.95 Å². The van der Waals surface area contributed by atoms with Crippen molar-refractivity contribution in [3.8, 4) is 0 Å². The van der Waals surface area contributed by atoms with Crippen molar-refractivity contribution in [1.82, 2.24) is 19.5 Å². The first-order chi connectivity index (χ1) is 13.0. The minimum atomic E-state index is -3.39. The second-order valence-corrected chi connectivity index (χ2v) is 9.19. The van der Waals surface area contributed by atoms with Crippen molar-refractivity contribution < 1.29 is 18.3 Å². The molecule has 28 heavy (non-hydrogen) atoms. The first kappa shape index (κ1) is 22.8. The molecule has 2 rings (SSSR count). The quantitative estimate of drug-likeness (QED) is 0.340. The molecule has 9 nitrogen and oxygen atoms in total. The standard InChI is InChI=1S/C17H27ClN5O4P/c1-10(2)26-28(24,27-11(3)4)9-25-13(6)12(5)7-23-8-20-14-15(18)21-17(19)22-16(14)23/h8,10-11,13H,5,7,9H2,1-4,6H3,(H2,19,21,22)/t13-/m1/s1. The molecule has 0 aliphatic heterocycles. The van der Waals surface area contributed by atoms with Gasteiger partial charge >= 0.3 is 7.60 Å². The molecule has 0 fully saturated rings. The molecule has 11 heteroatoms. The van der Waals surface area contributed by atoms with Crippen LogP contribution in [0.15, 0.2) is 18.5 Å². The average molecular weight is 432 g/mol. The summed E-state index contributed by atoms with van der Waals surface area (Å²) in [4.78, 5) is 12.3. The summed E-state index contributed by atoms with van der Waals surface area (Å²) in [6, 6.07) is 0. The number of halogens is 1. The van der Waals surface area contributed by atoms with E-state index in [4.69, 9.17) is 31.1 Å². The SMILES string of the molecule is C=C(Cn1cnc2c(Cl)nc(N)nc21)[C@@H](C)OCP(=O)(OC(C)C)OC(C)C. The van der Waals surface area contributed by atoms with E-state index in [0.29, 0.717) is 23.3 Å². The first-order valence-electron chi connectivity index (χ1n) is 8.89. The van der Waals surface area contributed by atoms with Gasteiger partial charge < -0.3 is 24.1 Å². The van der Waals surface area contributed by atoms with Gasteiger partial charge in [-0.1, -0.05) is 18.2 Å². The van der Waals surface area contributed by atoms with E-state index in [0.717, 1.165) is 0 Å². The van der Waals surface area contributed by atoms with Crippen LogP contribution in [0.3, 0.4) is 0 Å². The second-order valence-electron chi connectivity index (χ2n) is 6.93. The maximum Gasteiger partial charge on any atom is 0.356 e. The number of fused-ring (bicyclic) bond motifs is 1. The number of imidazole rings is 1. The highest BCUT2D eigenvalue weighted by molar-refractivity contribution is 7.53. The fourth-order valence-corrected chi connectivity index (χ4v) is 4.52. The van der Waals surface area contributed by atoms with Crippen LogP contribution in [0.1, 0.15) is 34.6 Å². The number of anilines is 1. The summed E-state index contributed by atoms with van der Waals surface area (Å²) in [7, 11) is -3.39. The van der Waals surface area contributed by atoms with Gasteiger partial charge in [-0.25, -0.2) is 4.98 Å². The molecule has 0 saturated carbocycles. The molecule has 0 spiro atoms. The van der Waals surface area contributed by atoms with Crippen LogP contribution >= 0.6 is 19.2 Å². The van der Waals surface area contributed by atoms with Gasteiger partial charge in [0.15, 0.2) is 10.8 Å². The van der Waals surface area contributed by atoms with Crippen LogP contribution in [0.25, 0.3) is 11.2 Å². The molecule has 0 aromatic carbocycles. The second kappa shape index (κ2) is 9.33. The molecule has 1 atom stereocenters. The Morgan fingerprint density at radius 2 is 1.86 bits per heavy atom. The van der Waals surface area contributed by atoms with Crippen molar-refractivity contribution in [1.29, 1.82) is 0 Å². The minimum Gasteiger partial charge on any atom is -0.368 e. The van der Waals surface area contributed by atoms with E-state index in [-0.39, 0.29) is 29.7 Å². The largest absolute Gasteiger partial charge is 0.368 e. The van der Waals surface area contributed by atoms with E-state index >= 15 is 0 Å². The predicted octanol–water partition coefficient (Wildman–Crippen LogP) is 4.02. The van der Waals surface area contributed by atoms with Gasteiger partial charge in [-0.2, -0.15) is 9.97 Å². The third-order valence-corrected chi connectivity index (χ3v) is 5.83. The molecule has 2 aromatic rings. The predicted molar refractivity (Wildman–Crippen MR) is 109 cm³/mol. The van der Waals surface area contributed by atoms with Crippen molar-refractivity contribution in [2.24, 2.45) is 0 Å². The van der Waals surface area contributed by atoms with Gasteiger partial charge in [-0.05, 0) is 40.2 Å². The number of nitrogens with zero attached hydrogens (tertiary/aromatic N) is 4. The smallest absolute Gasteiger partial charge is 0.356 e. The van der Waals surface area contributed by atoms with E-state index < -0.39 is 13.7 Å². The van der Waals surface area contributed by atoms with Crippen molar-refractivity contribution >= 4 is 36.3 Å². The third-order valence-electron chi connectivity index (χ3n) is 3.61. The number of hydrogen-bond acceptors (Lipinski definition) is 8. The lowest BCUT2D eigenvalue weighted by Crippen LogP contribution is -2.19. The highest BCUT2D eigenvalue weighted by atomic mass is 35.5.